The van der Waals surface area contributed by atoms with Gasteiger partial charge in [0.1, 0.15) is 5.82 Å². The standard InChI is InChI=1S/C13H8BrFN2O3/c14-11-6-3-9(15)7-12(11)16-13(18)8-1-4-10(5-2-8)17(19)20/h1-7H,(H,16,18). The summed E-state index contributed by atoms with van der Waals surface area (Å²) in [6.45, 7) is 0. The molecule has 0 heterocycles. The summed E-state index contributed by atoms with van der Waals surface area (Å²) in [5.74, 6) is -0.960. The second-order valence-corrected chi connectivity index (χ2v) is 4.74. The molecule has 0 aromatic heterocycles. The number of carbonyl (C=O) groups excluding carboxylic acids is 1. The lowest BCUT2D eigenvalue weighted by atomic mass is 10.2. The molecule has 0 atom stereocenters. The summed E-state index contributed by atoms with van der Waals surface area (Å²) in [6.07, 6.45) is 0. The van der Waals surface area contributed by atoms with E-state index in [0.717, 1.165) is 0 Å². The maximum atomic E-state index is 13.1. The number of rotatable bonds is 3. The van der Waals surface area contributed by atoms with Gasteiger partial charge in [0.15, 0.2) is 0 Å². The first-order valence-electron chi connectivity index (χ1n) is 5.48. The molecule has 0 fully saturated rings. The SMILES string of the molecule is O=C(Nc1cc(F)ccc1Br)c1ccc([N+](=O)[O-])cc1. The van der Waals surface area contributed by atoms with Crippen LogP contribution >= 0.6 is 15.9 Å². The fourth-order valence-corrected chi connectivity index (χ4v) is 1.87. The molecule has 1 amide bonds. The second kappa shape index (κ2) is 5.79. The van der Waals surface area contributed by atoms with E-state index in [1.54, 1.807) is 0 Å². The molecule has 0 aliphatic rings. The van der Waals surface area contributed by atoms with Gasteiger partial charge < -0.3 is 5.32 Å². The third-order valence-electron chi connectivity index (χ3n) is 2.52. The number of amides is 1. The third-order valence-corrected chi connectivity index (χ3v) is 3.21. The Morgan fingerprint density at radius 2 is 1.85 bits per heavy atom. The van der Waals surface area contributed by atoms with Crippen molar-refractivity contribution in [2.24, 2.45) is 0 Å². The highest BCUT2D eigenvalue weighted by Crippen LogP contribution is 2.24. The second-order valence-electron chi connectivity index (χ2n) is 3.88. The Morgan fingerprint density at radius 3 is 2.45 bits per heavy atom. The highest BCUT2D eigenvalue weighted by molar-refractivity contribution is 9.10. The Bertz CT molecular complexity index is 674. The molecule has 0 aliphatic carbocycles. The van der Waals surface area contributed by atoms with Crippen molar-refractivity contribution in [1.29, 1.82) is 0 Å². The highest BCUT2D eigenvalue weighted by atomic mass is 79.9. The number of nitrogens with zero attached hydrogens (tertiary/aromatic N) is 1. The van der Waals surface area contributed by atoms with Crippen molar-refractivity contribution in [1.82, 2.24) is 0 Å². The topological polar surface area (TPSA) is 72.2 Å². The van der Waals surface area contributed by atoms with Crippen LogP contribution in [0.2, 0.25) is 0 Å². The van der Waals surface area contributed by atoms with Crippen LogP contribution in [0.25, 0.3) is 0 Å². The molecule has 0 radical (unpaired) electrons. The van der Waals surface area contributed by atoms with Crippen LogP contribution in [-0.4, -0.2) is 10.8 Å². The first-order chi connectivity index (χ1) is 9.47. The molecule has 2 rings (SSSR count). The fraction of sp³-hybridized carbons (Fsp3) is 0. The van der Waals surface area contributed by atoms with Gasteiger partial charge in [-0.3, -0.25) is 14.9 Å². The summed E-state index contributed by atoms with van der Waals surface area (Å²) >= 11 is 3.19. The molecule has 7 heteroatoms. The molecule has 0 aliphatic heterocycles. The summed E-state index contributed by atoms with van der Waals surface area (Å²) in [7, 11) is 0. The largest absolute Gasteiger partial charge is 0.321 e. The monoisotopic (exact) mass is 338 g/mol. The van der Waals surface area contributed by atoms with Crippen LogP contribution in [0.15, 0.2) is 46.9 Å². The number of anilines is 1. The van der Waals surface area contributed by atoms with Gasteiger partial charge in [0.2, 0.25) is 0 Å². The third kappa shape index (κ3) is 3.18. The van der Waals surface area contributed by atoms with Gasteiger partial charge in [-0.2, -0.15) is 0 Å². The van der Waals surface area contributed by atoms with Gasteiger partial charge in [0, 0.05) is 22.2 Å². The zero-order chi connectivity index (χ0) is 14.7. The van der Waals surface area contributed by atoms with Gasteiger partial charge in [0.25, 0.3) is 11.6 Å². The van der Waals surface area contributed by atoms with Crippen LogP contribution in [-0.2, 0) is 0 Å². The maximum Gasteiger partial charge on any atom is 0.269 e. The number of hydrogen-bond acceptors (Lipinski definition) is 3. The molecule has 0 spiro atoms. The number of nitro groups is 1. The Balaban J connectivity index is 2.19. The van der Waals surface area contributed by atoms with Crippen LogP contribution < -0.4 is 5.32 Å². The number of halogens is 2. The van der Waals surface area contributed by atoms with Crippen molar-refractivity contribution in [2.75, 3.05) is 5.32 Å². The van der Waals surface area contributed by atoms with Crippen molar-refractivity contribution in [3.05, 3.63) is 68.4 Å². The van der Waals surface area contributed by atoms with Crippen molar-refractivity contribution in [2.45, 2.75) is 0 Å². The van der Waals surface area contributed by atoms with Crippen LogP contribution in [0.4, 0.5) is 15.8 Å². The van der Waals surface area contributed by atoms with Crippen LogP contribution in [0.3, 0.4) is 0 Å². The van der Waals surface area contributed by atoms with Gasteiger partial charge in [0.05, 0.1) is 10.6 Å². The molecule has 5 nitrogen and oxygen atoms in total. The molecule has 102 valence electrons. The fourth-order valence-electron chi connectivity index (χ4n) is 1.52. The number of benzene rings is 2. The number of nitro benzene ring substituents is 1. The summed E-state index contributed by atoms with van der Waals surface area (Å²) in [6, 6.07) is 9.03. The molecule has 2 aromatic carbocycles. The number of nitrogens with one attached hydrogen (secondary N) is 1. The number of non-ortho nitro benzene ring substituents is 1. The van der Waals surface area contributed by atoms with Crippen molar-refractivity contribution >= 4 is 33.2 Å². The highest BCUT2D eigenvalue weighted by Gasteiger charge is 2.11. The Labute approximate surface area is 121 Å². The maximum absolute atomic E-state index is 13.1. The van der Waals surface area contributed by atoms with E-state index in [4.69, 9.17) is 0 Å². The molecule has 1 N–H and O–H groups in total. The van der Waals surface area contributed by atoms with Gasteiger partial charge >= 0.3 is 0 Å². The lowest BCUT2D eigenvalue weighted by Gasteiger charge is -2.07. The Kier molecular flexibility index (Phi) is 4.09. The molecular weight excluding hydrogens is 331 g/mol. The van der Waals surface area contributed by atoms with E-state index in [1.165, 1.54) is 42.5 Å². The lowest BCUT2D eigenvalue weighted by Crippen LogP contribution is -2.12. The minimum Gasteiger partial charge on any atom is -0.321 e. The normalized spacial score (nSPS) is 10.1. The molecular formula is C13H8BrFN2O3. The van der Waals surface area contributed by atoms with Gasteiger partial charge in [-0.25, -0.2) is 4.39 Å². The lowest BCUT2D eigenvalue weighted by molar-refractivity contribution is -0.384. The van der Waals surface area contributed by atoms with Crippen LogP contribution in [0.5, 0.6) is 0 Å². The van der Waals surface area contributed by atoms with E-state index in [0.29, 0.717) is 4.47 Å². The van der Waals surface area contributed by atoms with Crippen molar-refractivity contribution < 1.29 is 14.1 Å². The predicted molar refractivity (Wildman–Crippen MR) is 75.1 cm³/mol. The average molecular weight is 339 g/mol. The van der Waals surface area contributed by atoms with E-state index in [-0.39, 0.29) is 16.9 Å². The smallest absolute Gasteiger partial charge is 0.269 e. The molecule has 0 saturated heterocycles. The van der Waals surface area contributed by atoms with E-state index in [2.05, 4.69) is 21.2 Å². The van der Waals surface area contributed by atoms with Crippen molar-refractivity contribution in [3.8, 4) is 0 Å². The van der Waals surface area contributed by atoms with E-state index in [9.17, 15) is 19.3 Å². The number of carbonyl (C=O) groups is 1. The van der Waals surface area contributed by atoms with E-state index in [1.807, 2.05) is 0 Å². The molecule has 0 saturated carbocycles. The van der Waals surface area contributed by atoms with Crippen LogP contribution in [0, 0.1) is 15.9 Å². The van der Waals surface area contributed by atoms with Crippen LogP contribution in [0.1, 0.15) is 10.4 Å². The molecule has 0 unspecified atom stereocenters. The first-order valence-corrected chi connectivity index (χ1v) is 6.27. The van der Waals surface area contributed by atoms with Gasteiger partial charge in [-0.1, -0.05) is 0 Å². The first kappa shape index (κ1) is 14.1. The van der Waals surface area contributed by atoms with Gasteiger partial charge in [-0.15, -0.1) is 0 Å². The minimum absolute atomic E-state index is 0.103. The van der Waals surface area contributed by atoms with Gasteiger partial charge in [-0.05, 0) is 46.3 Å². The molecule has 20 heavy (non-hydrogen) atoms. The molecule has 2 aromatic rings. The van der Waals surface area contributed by atoms with E-state index >= 15 is 0 Å². The summed E-state index contributed by atoms with van der Waals surface area (Å²) in [5, 5.41) is 13.0. The summed E-state index contributed by atoms with van der Waals surface area (Å²) in [5.41, 5.74) is 0.425. The quantitative estimate of drug-likeness (QED) is 0.684. The summed E-state index contributed by atoms with van der Waals surface area (Å²) < 4.78 is 13.6. The Hall–Kier alpha value is -2.28. The molecule has 0 bridgehead atoms. The number of hydrogen-bond donors (Lipinski definition) is 1. The Morgan fingerprint density at radius 1 is 1.20 bits per heavy atom. The zero-order valence-corrected chi connectivity index (χ0v) is 11.6. The van der Waals surface area contributed by atoms with Crippen molar-refractivity contribution in [3.63, 3.8) is 0 Å². The summed E-state index contributed by atoms with van der Waals surface area (Å²) in [4.78, 5) is 21.9. The average Bonchev–Trinajstić information content (AvgIpc) is 2.43. The minimum atomic E-state index is -0.551. The van der Waals surface area contributed by atoms with E-state index < -0.39 is 16.6 Å². The predicted octanol–water partition coefficient (Wildman–Crippen LogP) is 3.75. The zero-order valence-electron chi connectivity index (χ0n) is 9.97.